The lowest BCUT2D eigenvalue weighted by molar-refractivity contribution is 0.0700. The number of rotatable bonds is 9. The summed E-state index contributed by atoms with van der Waals surface area (Å²) < 4.78 is 27.4. The average Bonchev–Trinajstić information content (AvgIpc) is 2.06. The molecule has 16 heavy (non-hydrogen) atoms. The molecular formula is C11H25NO3S. The first-order valence-electron chi connectivity index (χ1n) is 5.85. The van der Waals surface area contributed by atoms with Crippen molar-refractivity contribution >= 4 is 10.0 Å². The summed E-state index contributed by atoms with van der Waals surface area (Å²) in [7, 11) is -3.41. The Kier molecular flexibility index (Phi) is 7.19. The monoisotopic (exact) mass is 251 g/mol. The van der Waals surface area contributed by atoms with Gasteiger partial charge in [-0.15, -0.1) is 0 Å². The predicted molar refractivity (Wildman–Crippen MR) is 66.7 cm³/mol. The van der Waals surface area contributed by atoms with Crippen LogP contribution >= 0.6 is 0 Å². The molecule has 4 nitrogen and oxygen atoms in total. The zero-order valence-corrected chi connectivity index (χ0v) is 11.5. The third kappa shape index (κ3) is 10.4. The Morgan fingerprint density at radius 2 is 1.81 bits per heavy atom. The minimum Gasteiger partial charge on any atom is -0.381 e. The molecule has 0 heterocycles. The van der Waals surface area contributed by atoms with Crippen molar-refractivity contribution in [2.75, 3.05) is 19.0 Å². The first-order valence-corrected chi connectivity index (χ1v) is 7.56. The third-order valence-electron chi connectivity index (χ3n) is 2.23. The molecule has 0 aliphatic carbocycles. The molecule has 0 aromatic heterocycles. The van der Waals surface area contributed by atoms with Crippen molar-refractivity contribution in [1.29, 1.82) is 0 Å². The van der Waals surface area contributed by atoms with E-state index in [0.29, 0.717) is 13.2 Å². The molecule has 0 unspecified atom stereocenters. The van der Waals surface area contributed by atoms with Gasteiger partial charge in [0, 0.05) is 12.0 Å². The van der Waals surface area contributed by atoms with Crippen molar-refractivity contribution < 1.29 is 13.2 Å². The predicted octanol–water partition coefficient (Wildman–Crippen LogP) is 1.90. The lowest BCUT2D eigenvalue weighted by Gasteiger charge is -2.22. The summed E-state index contributed by atoms with van der Waals surface area (Å²) in [6, 6.07) is 0. The van der Waals surface area contributed by atoms with Gasteiger partial charge in [-0.1, -0.05) is 40.0 Å². The normalized spacial score (nSPS) is 13.0. The second-order valence-electron chi connectivity index (χ2n) is 5.08. The van der Waals surface area contributed by atoms with E-state index in [2.05, 4.69) is 6.92 Å². The molecule has 0 radical (unpaired) electrons. The number of unbranched alkanes of at least 4 members (excludes halogenated alkanes) is 3. The molecule has 0 aromatic carbocycles. The first kappa shape index (κ1) is 15.9. The molecule has 2 N–H and O–H groups in total. The summed E-state index contributed by atoms with van der Waals surface area (Å²) in [4.78, 5) is 0. The van der Waals surface area contributed by atoms with E-state index in [1.165, 1.54) is 19.3 Å². The molecule has 0 atom stereocenters. The number of nitrogens with two attached hydrogens (primary N) is 1. The maximum absolute atomic E-state index is 10.9. The van der Waals surface area contributed by atoms with E-state index < -0.39 is 15.4 Å². The zero-order valence-electron chi connectivity index (χ0n) is 10.7. The van der Waals surface area contributed by atoms with Gasteiger partial charge in [0.2, 0.25) is 10.0 Å². The van der Waals surface area contributed by atoms with Crippen LogP contribution in [0.4, 0.5) is 0 Å². The number of primary sulfonamides is 1. The fourth-order valence-corrected chi connectivity index (χ4v) is 2.74. The molecule has 0 bridgehead atoms. The van der Waals surface area contributed by atoms with Gasteiger partial charge in [-0.2, -0.15) is 0 Å². The van der Waals surface area contributed by atoms with Gasteiger partial charge in [-0.05, 0) is 6.42 Å². The molecule has 0 rings (SSSR count). The second kappa shape index (κ2) is 7.25. The van der Waals surface area contributed by atoms with Crippen LogP contribution < -0.4 is 5.14 Å². The van der Waals surface area contributed by atoms with Crippen LogP contribution in [0.3, 0.4) is 0 Å². The Hall–Kier alpha value is -0.130. The van der Waals surface area contributed by atoms with Crippen LogP contribution in [0, 0.1) is 5.41 Å². The van der Waals surface area contributed by atoms with Crippen molar-refractivity contribution in [2.24, 2.45) is 10.6 Å². The van der Waals surface area contributed by atoms with E-state index >= 15 is 0 Å². The molecule has 5 heteroatoms. The SMILES string of the molecule is CCCCCCOCC(C)(C)CS(N)(=O)=O. The molecule has 0 aliphatic rings. The Labute approximate surface area is 99.6 Å². The highest BCUT2D eigenvalue weighted by Crippen LogP contribution is 2.17. The van der Waals surface area contributed by atoms with Crippen molar-refractivity contribution in [3.05, 3.63) is 0 Å². The van der Waals surface area contributed by atoms with Gasteiger partial charge < -0.3 is 4.74 Å². The van der Waals surface area contributed by atoms with Gasteiger partial charge in [0.15, 0.2) is 0 Å². The molecule has 0 saturated carbocycles. The van der Waals surface area contributed by atoms with Crippen molar-refractivity contribution in [3.63, 3.8) is 0 Å². The van der Waals surface area contributed by atoms with Crippen molar-refractivity contribution in [3.8, 4) is 0 Å². The molecular weight excluding hydrogens is 226 g/mol. The quantitative estimate of drug-likeness (QED) is 0.636. The lowest BCUT2D eigenvalue weighted by Crippen LogP contribution is -2.32. The summed E-state index contributed by atoms with van der Waals surface area (Å²) in [6.07, 6.45) is 4.65. The number of sulfonamides is 1. The molecule has 0 fully saturated rings. The molecule has 0 aromatic rings. The first-order chi connectivity index (χ1) is 7.27. The minimum absolute atomic E-state index is 0.0328. The summed E-state index contributed by atoms with van der Waals surface area (Å²) in [6.45, 7) is 7.01. The summed E-state index contributed by atoms with van der Waals surface area (Å²) in [5.74, 6) is -0.0328. The van der Waals surface area contributed by atoms with Crippen LogP contribution in [0.2, 0.25) is 0 Å². The Morgan fingerprint density at radius 1 is 1.19 bits per heavy atom. The summed E-state index contributed by atoms with van der Waals surface area (Å²) in [5, 5.41) is 5.01. The molecule has 0 amide bonds. The van der Waals surface area contributed by atoms with Gasteiger partial charge in [-0.3, -0.25) is 0 Å². The van der Waals surface area contributed by atoms with E-state index in [1.807, 2.05) is 13.8 Å². The Balaban J connectivity index is 3.66. The van der Waals surface area contributed by atoms with Gasteiger partial charge in [0.05, 0.1) is 12.4 Å². The number of ether oxygens (including phenoxy) is 1. The van der Waals surface area contributed by atoms with Gasteiger partial charge >= 0.3 is 0 Å². The smallest absolute Gasteiger partial charge is 0.209 e. The second-order valence-corrected chi connectivity index (χ2v) is 6.70. The fourth-order valence-electron chi connectivity index (χ4n) is 1.57. The molecule has 98 valence electrons. The van der Waals surface area contributed by atoms with E-state index in [-0.39, 0.29) is 5.75 Å². The number of hydrogen-bond acceptors (Lipinski definition) is 3. The third-order valence-corrected chi connectivity index (χ3v) is 3.41. The van der Waals surface area contributed by atoms with Crippen LogP contribution in [0.15, 0.2) is 0 Å². The topological polar surface area (TPSA) is 69.4 Å². The highest BCUT2D eigenvalue weighted by molar-refractivity contribution is 7.89. The Morgan fingerprint density at radius 3 is 2.31 bits per heavy atom. The largest absolute Gasteiger partial charge is 0.381 e. The zero-order chi connectivity index (χ0) is 12.7. The van der Waals surface area contributed by atoms with E-state index in [4.69, 9.17) is 9.88 Å². The maximum Gasteiger partial charge on any atom is 0.209 e. The van der Waals surface area contributed by atoms with Gasteiger partial charge in [0.25, 0.3) is 0 Å². The molecule has 0 saturated heterocycles. The van der Waals surface area contributed by atoms with E-state index in [9.17, 15) is 8.42 Å². The standard InChI is InChI=1S/C11H25NO3S/c1-4-5-6-7-8-15-9-11(2,3)10-16(12,13)14/h4-10H2,1-3H3,(H2,12,13,14). The molecule has 0 spiro atoms. The summed E-state index contributed by atoms with van der Waals surface area (Å²) >= 11 is 0. The van der Waals surface area contributed by atoms with Gasteiger partial charge in [0.1, 0.15) is 0 Å². The fraction of sp³-hybridized carbons (Fsp3) is 1.00. The van der Waals surface area contributed by atoms with Crippen LogP contribution in [0.25, 0.3) is 0 Å². The van der Waals surface area contributed by atoms with Gasteiger partial charge in [-0.25, -0.2) is 13.6 Å². The highest BCUT2D eigenvalue weighted by atomic mass is 32.2. The Bertz CT molecular complexity index is 273. The van der Waals surface area contributed by atoms with E-state index in [1.54, 1.807) is 0 Å². The maximum atomic E-state index is 10.9. The highest BCUT2D eigenvalue weighted by Gasteiger charge is 2.24. The molecule has 0 aliphatic heterocycles. The van der Waals surface area contributed by atoms with Crippen molar-refractivity contribution in [2.45, 2.75) is 46.5 Å². The lowest BCUT2D eigenvalue weighted by atomic mass is 9.98. The minimum atomic E-state index is -3.41. The van der Waals surface area contributed by atoms with E-state index in [0.717, 1.165) is 6.42 Å². The van der Waals surface area contributed by atoms with Crippen LogP contribution in [0.5, 0.6) is 0 Å². The van der Waals surface area contributed by atoms with Crippen LogP contribution in [-0.2, 0) is 14.8 Å². The number of hydrogen-bond donors (Lipinski definition) is 1. The van der Waals surface area contributed by atoms with Crippen molar-refractivity contribution in [1.82, 2.24) is 0 Å². The summed E-state index contributed by atoms with van der Waals surface area (Å²) in [5.41, 5.74) is -0.404. The van der Waals surface area contributed by atoms with Crippen LogP contribution in [0.1, 0.15) is 46.5 Å². The average molecular weight is 251 g/mol. The van der Waals surface area contributed by atoms with Crippen LogP contribution in [-0.4, -0.2) is 27.4 Å².